The molecule has 0 saturated heterocycles. The quantitative estimate of drug-likeness (QED) is 0.750. The van der Waals surface area contributed by atoms with Crippen LogP contribution in [-0.4, -0.2) is 29.3 Å². The zero-order valence-corrected chi connectivity index (χ0v) is 11.8. The van der Waals surface area contributed by atoms with Crippen LogP contribution in [0.2, 0.25) is 0 Å². The predicted molar refractivity (Wildman–Crippen MR) is 75.1 cm³/mol. The molecule has 1 aliphatic rings. The summed E-state index contributed by atoms with van der Waals surface area (Å²) in [5.41, 5.74) is 3.54. The highest BCUT2D eigenvalue weighted by Crippen LogP contribution is 2.27. The second-order valence-corrected chi connectivity index (χ2v) is 5.49. The van der Waals surface area contributed by atoms with Gasteiger partial charge in [-0.1, -0.05) is 23.8 Å². The number of nitrogens with zero attached hydrogens (tertiary/aromatic N) is 1. The van der Waals surface area contributed by atoms with Crippen LogP contribution in [0.25, 0.3) is 0 Å². The number of carbonyl (C=O) groups excluding carboxylic acids is 1. The normalized spacial score (nSPS) is 14.6. The molecule has 1 fully saturated rings. The number of rotatable bonds is 5. The van der Waals surface area contributed by atoms with E-state index in [2.05, 4.69) is 32.0 Å². The first-order chi connectivity index (χ1) is 8.61. The van der Waals surface area contributed by atoms with Crippen molar-refractivity contribution in [1.29, 1.82) is 0 Å². The van der Waals surface area contributed by atoms with Crippen molar-refractivity contribution in [2.75, 3.05) is 12.4 Å². The molecule has 0 unspecified atom stereocenters. The molecule has 18 heavy (non-hydrogen) atoms. The van der Waals surface area contributed by atoms with Gasteiger partial charge in [-0.2, -0.15) is 0 Å². The van der Waals surface area contributed by atoms with Gasteiger partial charge in [-0.25, -0.2) is 0 Å². The molecule has 0 bridgehead atoms. The molecule has 0 radical (unpaired) electrons. The number of benzene rings is 1. The van der Waals surface area contributed by atoms with Gasteiger partial charge in [0.2, 0.25) is 5.91 Å². The summed E-state index contributed by atoms with van der Waals surface area (Å²) in [5.74, 6) is 0.738. The predicted octanol–water partition coefficient (Wildman–Crippen LogP) is 3.08. The second kappa shape index (κ2) is 5.75. The van der Waals surface area contributed by atoms with Crippen LogP contribution in [0, 0.1) is 13.8 Å². The fraction of sp³-hybridized carbons (Fsp3) is 0.533. The van der Waals surface area contributed by atoms with Gasteiger partial charge in [-0.15, -0.1) is 11.6 Å². The molecule has 1 amide bonds. The molecule has 1 aromatic carbocycles. The number of alkyl halides is 1. The molecule has 1 aromatic rings. The lowest BCUT2D eigenvalue weighted by Gasteiger charge is -2.21. The summed E-state index contributed by atoms with van der Waals surface area (Å²) in [4.78, 5) is 14.3. The lowest BCUT2D eigenvalue weighted by molar-refractivity contribution is -0.130. The summed E-state index contributed by atoms with van der Waals surface area (Å²) in [5, 5.41) is 0. The molecule has 0 spiro atoms. The van der Waals surface area contributed by atoms with Crippen LogP contribution in [-0.2, 0) is 11.2 Å². The summed E-state index contributed by atoms with van der Waals surface area (Å²) in [7, 11) is 0. The van der Waals surface area contributed by atoms with Crippen LogP contribution in [0.3, 0.4) is 0 Å². The first-order valence-electron chi connectivity index (χ1n) is 6.53. The maximum absolute atomic E-state index is 12.3. The Morgan fingerprint density at radius 1 is 1.39 bits per heavy atom. The number of amides is 1. The fourth-order valence-electron chi connectivity index (χ4n) is 2.24. The minimum absolute atomic E-state index is 0.215. The number of hydrogen-bond donors (Lipinski definition) is 0. The maximum atomic E-state index is 12.3. The molecule has 1 saturated carbocycles. The Hall–Kier alpha value is -1.02. The van der Waals surface area contributed by atoms with Crippen molar-refractivity contribution in [3.8, 4) is 0 Å². The van der Waals surface area contributed by atoms with E-state index in [1.165, 1.54) is 11.1 Å². The van der Waals surface area contributed by atoms with Crippen molar-refractivity contribution in [2.24, 2.45) is 0 Å². The number of aryl methyl sites for hydroxylation is 2. The summed E-state index contributed by atoms with van der Waals surface area (Å²) in [6, 6.07) is 6.72. The fourth-order valence-corrected chi connectivity index (χ4v) is 2.43. The Balaban J connectivity index is 2.07. The monoisotopic (exact) mass is 265 g/mol. The average molecular weight is 266 g/mol. The van der Waals surface area contributed by atoms with Crippen molar-refractivity contribution in [3.05, 3.63) is 34.9 Å². The largest absolute Gasteiger partial charge is 0.338 e. The van der Waals surface area contributed by atoms with Crippen LogP contribution in [0.15, 0.2) is 18.2 Å². The second-order valence-electron chi connectivity index (χ2n) is 5.11. The summed E-state index contributed by atoms with van der Waals surface area (Å²) >= 11 is 5.78. The lowest BCUT2D eigenvalue weighted by Crippen LogP contribution is -2.36. The van der Waals surface area contributed by atoms with Gasteiger partial charge in [0.1, 0.15) is 0 Å². The molecule has 0 N–H and O–H groups in total. The molecular formula is C15H20ClNO. The van der Waals surface area contributed by atoms with E-state index in [1.54, 1.807) is 0 Å². The van der Waals surface area contributed by atoms with Gasteiger partial charge in [-0.05, 0) is 37.8 Å². The van der Waals surface area contributed by atoms with Gasteiger partial charge >= 0.3 is 0 Å². The van der Waals surface area contributed by atoms with Crippen molar-refractivity contribution in [3.63, 3.8) is 0 Å². The van der Waals surface area contributed by atoms with E-state index in [0.29, 0.717) is 24.9 Å². The van der Waals surface area contributed by atoms with Crippen LogP contribution in [0.1, 0.15) is 29.5 Å². The molecule has 2 rings (SSSR count). The zero-order valence-electron chi connectivity index (χ0n) is 11.1. The van der Waals surface area contributed by atoms with E-state index in [4.69, 9.17) is 11.6 Å². The lowest BCUT2D eigenvalue weighted by atomic mass is 10.0. The third-order valence-electron chi connectivity index (χ3n) is 3.48. The highest BCUT2D eigenvalue weighted by Gasteiger charge is 2.31. The highest BCUT2D eigenvalue weighted by atomic mass is 35.5. The standard InChI is InChI=1S/C15H20ClNO/c1-11-3-4-12(2)13(9-11)10-15(18)17(8-7-16)14-5-6-14/h3-4,9,14H,5-8,10H2,1-2H3. The smallest absolute Gasteiger partial charge is 0.227 e. The summed E-state index contributed by atoms with van der Waals surface area (Å²) in [6.45, 7) is 4.80. The van der Waals surface area contributed by atoms with Gasteiger partial charge in [-0.3, -0.25) is 4.79 Å². The third-order valence-corrected chi connectivity index (χ3v) is 3.65. The molecular weight excluding hydrogens is 246 g/mol. The van der Waals surface area contributed by atoms with Crippen LogP contribution in [0.5, 0.6) is 0 Å². The van der Waals surface area contributed by atoms with E-state index in [9.17, 15) is 4.79 Å². The number of carbonyl (C=O) groups is 1. The van der Waals surface area contributed by atoms with Crippen molar-refractivity contribution in [2.45, 2.75) is 39.2 Å². The topological polar surface area (TPSA) is 20.3 Å². The van der Waals surface area contributed by atoms with Crippen molar-refractivity contribution in [1.82, 2.24) is 4.90 Å². The average Bonchev–Trinajstić information content (AvgIpc) is 3.14. The first kappa shape index (κ1) is 13.4. The van der Waals surface area contributed by atoms with Crippen molar-refractivity contribution < 1.29 is 4.79 Å². The van der Waals surface area contributed by atoms with E-state index >= 15 is 0 Å². The Morgan fingerprint density at radius 3 is 2.72 bits per heavy atom. The first-order valence-corrected chi connectivity index (χ1v) is 7.07. The van der Waals surface area contributed by atoms with Gasteiger partial charge in [0.15, 0.2) is 0 Å². The van der Waals surface area contributed by atoms with E-state index in [0.717, 1.165) is 18.4 Å². The zero-order chi connectivity index (χ0) is 13.1. The summed E-state index contributed by atoms with van der Waals surface area (Å²) < 4.78 is 0. The van der Waals surface area contributed by atoms with Crippen molar-refractivity contribution >= 4 is 17.5 Å². The van der Waals surface area contributed by atoms with E-state index < -0.39 is 0 Å². The minimum Gasteiger partial charge on any atom is -0.338 e. The third kappa shape index (κ3) is 3.26. The highest BCUT2D eigenvalue weighted by molar-refractivity contribution is 6.18. The Kier molecular flexibility index (Phi) is 4.28. The molecule has 3 heteroatoms. The Morgan fingerprint density at radius 2 is 2.11 bits per heavy atom. The summed E-state index contributed by atoms with van der Waals surface area (Å²) in [6.07, 6.45) is 2.77. The van der Waals surface area contributed by atoms with Gasteiger partial charge in [0, 0.05) is 18.5 Å². The number of hydrogen-bond acceptors (Lipinski definition) is 1. The molecule has 98 valence electrons. The molecule has 1 aliphatic carbocycles. The molecule has 0 aliphatic heterocycles. The van der Waals surface area contributed by atoms with E-state index in [-0.39, 0.29) is 5.91 Å². The minimum atomic E-state index is 0.215. The number of halogens is 1. The SMILES string of the molecule is Cc1ccc(C)c(CC(=O)N(CCCl)C2CC2)c1. The molecule has 0 atom stereocenters. The van der Waals surface area contributed by atoms with Gasteiger partial charge in [0.25, 0.3) is 0 Å². The van der Waals surface area contributed by atoms with Gasteiger partial charge in [0.05, 0.1) is 6.42 Å². The Labute approximate surface area is 114 Å². The Bertz CT molecular complexity index is 440. The van der Waals surface area contributed by atoms with E-state index in [1.807, 2.05) is 4.90 Å². The molecule has 2 nitrogen and oxygen atoms in total. The van der Waals surface area contributed by atoms with Gasteiger partial charge < -0.3 is 4.90 Å². The molecule has 0 heterocycles. The maximum Gasteiger partial charge on any atom is 0.227 e. The van der Waals surface area contributed by atoms with Crippen LogP contribution < -0.4 is 0 Å². The van der Waals surface area contributed by atoms with Crippen LogP contribution >= 0.6 is 11.6 Å². The van der Waals surface area contributed by atoms with Crippen LogP contribution in [0.4, 0.5) is 0 Å². The molecule has 0 aromatic heterocycles.